The van der Waals surface area contributed by atoms with Crippen molar-refractivity contribution in [2.24, 2.45) is 16.6 Å². The van der Waals surface area contributed by atoms with Crippen LogP contribution in [0.5, 0.6) is 0 Å². The van der Waals surface area contributed by atoms with Crippen molar-refractivity contribution in [3.05, 3.63) is 35.9 Å². The lowest BCUT2D eigenvalue weighted by Crippen LogP contribution is -2.39. The van der Waals surface area contributed by atoms with Gasteiger partial charge in [-0.05, 0) is 12.0 Å². The summed E-state index contributed by atoms with van der Waals surface area (Å²) in [5.74, 6) is 0.470. The van der Waals surface area contributed by atoms with Gasteiger partial charge in [-0.1, -0.05) is 44.2 Å². The van der Waals surface area contributed by atoms with Crippen LogP contribution < -0.4 is 16.4 Å². The Morgan fingerprint density at radius 2 is 1.85 bits per heavy atom. The monoisotopic (exact) mass is 276 g/mol. The predicted molar refractivity (Wildman–Crippen MR) is 82.5 cm³/mol. The van der Waals surface area contributed by atoms with E-state index in [4.69, 9.17) is 5.73 Å². The first-order valence-corrected chi connectivity index (χ1v) is 6.95. The Labute approximate surface area is 120 Å². The van der Waals surface area contributed by atoms with Gasteiger partial charge in [0.2, 0.25) is 5.91 Å². The molecule has 0 aliphatic carbocycles. The molecule has 0 unspecified atom stereocenters. The SMILES string of the molecule is CC(C)C(=O)NCCNC(N)=NCCc1ccccc1. The molecule has 1 aromatic rings. The van der Waals surface area contributed by atoms with Crippen molar-refractivity contribution in [2.45, 2.75) is 20.3 Å². The van der Waals surface area contributed by atoms with Crippen LogP contribution in [0.4, 0.5) is 0 Å². The summed E-state index contributed by atoms with van der Waals surface area (Å²) in [6.07, 6.45) is 0.868. The Kier molecular flexibility index (Phi) is 7.17. The van der Waals surface area contributed by atoms with Gasteiger partial charge in [0, 0.05) is 25.6 Å². The Morgan fingerprint density at radius 3 is 2.50 bits per heavy atom. The first kappa shape index (κ1) is 16.0. The lowest BCUT2D eigenvalue weighted by molar-refractivity contribution is -0.123. The summed E-state index contributed by atoms with van der Waals surface area (Å²) in [4.78, 5) is 15.6. The Bertz CT molecular complexity index is 429. The van der Waals surface area contributed by atoms with Gasteiger partial charge in [-0.15, -0.1) is 0 Å². The van der Waals surface area contributed by atoms with Gasteiger partial charge in [0.05, 0.1) is 0 Å². The van der Waals surface area contributed by atoms with Crippen LogP contribution in [-0.4, -0.2) is 31.5 Å². The largest absolute Gasteiger partial charge is 0.370 e. The van der Waals surface area contributed by atoms with Gasteiger partial charge >= 0.3 is 0 Å². The number of hydrogen-bond donors (Lipinski definition) is 3. The van der Waals surface area contributed by atoms with Crippen LogP contribution in [0.2, 0.25) is 0 Å². The van der Waals surface area contributed by atoms with Crippen molar-refractivity contribution in [1.82, 2.24) is 10.6 Å². The molecule has 0 spiro atoms. The zero-order valence-corrected chi connectivity index (χ0v) is 12.2. The fourth-order valence-corrected chi connectivity index (χ4v) is 1.59. The maximum atomic E-state index is 11.3. The number of hydrogen-bond acceptors (Lipinski definition) is 2. The van der Waals surface area contributed by atoms with Crippen LogP contribution in [0.25, 0.3) is 0 Å². The summed E-state index contributed by atoms with van der Waals surface area (Å²) < 4.78 is 0. The number of nitrogens with zero attached hydrogens (tertiary/aromatic N) is 1. The molecule has 4 N–H and O–H groups in total. The predicted octanol–water partition coefficient (Wildman–Crippen LogP) is 0.906. The van der Waals surface area contributed by atoms with Crippen LogP contribution >= 0.6 is 0 Å². The molecule has 0 aromatic heterocycles. The number of aliphatic imine (C=N–C) groups is 1. The number of nitrogens with two attached hydrogens (primary N) is 1. The number of guanidine groups is 1. The van der Waals surface area contributed by atoms with E-state index in [1.165, 1.54) is 5.56 Å². The molecule has 0 saturated carbocycles. The molecule has 0 fully saturated rings. The lowest BCUT2D eigenvalue weighted by Gasteiger charge is -2.09. The van der Waals surface area contributed by atoms with Crippen molar-refractivity contribution in [3.8, 4) is 0 Å². The number of carbonyl (C=O) groups is 1. The van der Waals surface area contributed by atoms with Crippen molar-refractivity contribution in [3.63, 3.8) is 0 Å². The lowest BCUT2D eigenvalue weighted by atomic mass is 10.2. The highest BCUT2D eigenvalue weighted by atomic mass is 16.1. The average molecular weight is 276 g/mol. The molecule has 0 aliphatic heterocycles. The highest BCUT2D eigenvalue weighted by Gasteiger charge is 2.04. The van der Waals surface area contributed by atoms with Crippen LogP contribution in [0.15, 0.2) is 35.3 Å². The van der Waals surface area contributed by atoms with Crippen molar-refractivity contribution < 1.29 is 4.79 Å². The number of carbonyl (C=O) groups excluding carboxylic acids is 1. The van der Waals surface area contributed by atoms with Crippen LogP contribution in [0.3, 0.4) is 0 Å². The third kappa shape index (κ3) is 6.78. The summed E-state index contributed by atoms with van der Waals surface area (Å²) in [7, 11) is 0. The van der Waals surface area contributed by atoms with Gasteiger partial charge in [0.15, 0.2) is 5.96 Å². The van der Waals surface area contributed by atoms with Crippen LogP contribution in [0, 0.1) is 5.92 Å². The van der Waals surface area contributed by atoms with E-state index >= 15 is 0 Å². The molecule has 0 bridgehead atoms. The second-order valence-electron chi connectivity index (χ2n) is 4.88. The summed E-state index contributed by atoms with van der Waals surface area (Å²) in [6.45, 7) is 5.51. The zero-order chi connectivity index (χ0) is 14.8. The first-order chi connectivity index (χ1) is 9.59. The number of amides is 1. The molecule has 5 heteroatoms. The molecule has 0 saturated heterocycles. The molecule has 0 heterocycles. The minimum Gasteiger partial charge on any atom is -0.370 e. The molecule has 110 valence electrons. The van der Waals surface area contributed by atoms with E-state index in [1.807, 2.05) is 32.0 Å². The van der Waals surface area contributed by atoms with Gasteiger partial charge in [0.1, 0.15) is 0 Å². The number of nitrogens with one attached hydrogen (secondary N) is 2. The van der Waals surface area contributed by atoms with E-state index in [0.29, 0.717) is 25.6 Å². The molecular weight excluding hydrogens is 252 g/mol. The third-order valence-electron chi connectivity index (χ3n) is 2.78. The second-order valence-corrected chi connectivity index (χ2v) is 4.88. The standard InChI is InChI=1S/C15H24N4O/c1-12(2)14(20)17-10-11-19-15(16)18-9-8-13-6-4-3-5-7-13/h3-7,12H,8-11H2,1-2H3,(H,17,20)(H3,16,18,19). The van der Waals surface area contributed by atoms with Gasteiger partial charge in [0.25, 0.3) is 0 Å². The van der Waals surface area contributed by atoms with E-state index in [-0.39, 0.29) is 11.8 Å². The van der Waals surface area contributed by atoms with Gasteiger partial charge in [-0.3, -0.25) is 9.79 Å². The second kappa shape index (κ2) is 8.96. The smallest absolute Gasteiger partial charge is 0.222 e. The van der Waals surface area contributed by atoms with Crippen molar-refractivity contribution in [1.29, 1.82) is 0 Å². The topological polar surface area (TPSA) is 79.5 Å². The van der Waals surface area contributed by atoms with Gasteiger partial charge in [-0.25, -0.2) is 0 Å². The average Bonchev–Trinajstić information content (AvgIpc) is 2.44. The molecule has 1 amide bonds. The quantitative estimate of drug-likeness (QED) is 0.393. The summed E-state index contributed by atoms with van der Waals surface area (Å²) in [5, 5.41) is 5.78. The summed E-state index contributed by atoms with van der Waals surface area (Å²) >= 11 is 0. The Hall–Kier alpha value is -2.04. The highest BCUT2D eigenvalue weighted by molar-refractivity contribution is 5.79. The maximum absolute atomic E-state index is 11.3. The van der Waals surface area contributed by atoms with Crippen molar-refractivity contribution >= 4 is 11.9 Å². The molecule has 5 nitrogen and oxygen atoms in total. The normalized spacial score (nSPS) is 11.4. The Morgan fingerprint density at radius 1 is 1.20 bits per heavy atom. The highest BCUT2D eigenvalue weighted by Crippen LogP contribution is 1.98. The molecule has 0 aliphatic rings. The van der Waals surface area contributed by atoms with E-state index in [2.05, 4.69) is 27.8 Å². The van der Waals surface area contributed by atoms with E-state index in [0.717, 1.165) is 6.42 Å². The molecular formula is C15H24N4O. The van der Waals surface area contributed by atoms with Gasteiger partial charge in [-0.2, -0.15) is 0 Å². The maximum Gasteiger partial charge on any atom is 0.222 e. The van der Waals surface area contributed by atoms with Crippen LogP contribution in [-0.2, 0) is 11.2 Å². The number of rotatable bonds is 7. The molecule has 1 aromatic carbocycles. The Balaban J connectivity index is 2.14. The minimum absolute atomic E-state index is 0.00638. The van der Waals surface area contributed by atoms with Gasteiger partial charge < -0.3 is 16.4 Å². The van der Waals surface area contributed by atoms with E-state index in [1.54, 1.807) is 0 Å². The molecule has 1 rings (SSSR count). The molecule has 0 radical (unpaired) electrons. The summed E-state index contributed by atoms with van der Waals surface area (Å²) in [5.41, 5.74) is 6.98. The van der Waals surface area contributed by atoms with E-state index < -0.39 is 0 Å². The molecule has 0 atom stereocenters. The number of benzene rings is 1. The zero-order valence-electron chi connectivity index (χ0n) is 12.2. The first-order valence-electron chi connectivity index (χ1n) is 6.95. The van der Waals surface area contributed by atoms with Crippen LogP contribution in [0.1, 0.15) is 19.4 Å². The van der Waals surface area contributed by atoms with E-state index in [9.17, 15) is 4.79 Å². The fraction of sp³-hybridized carbons (Fsp3) is 0.467. The third-order valence-corrected chi connectivity index (χ3v) is 2.78. The van der Waals surface area contributed by atoms with Crippen molar-refractivity contribution in [2.75, 3.05) is 19.6 Å². The minimum atomic E-state index is 0.00638. The fourth-order valence-electron chi connectivity index (χ4n) is 1.59. The summed E-state index contributed by atoms with van der Waals surface area (Å²) in [6, 6.07) is 10.2. The molecule has 20 heavy (non-hydrogen) atoms.